The lowest BCUT2D eigenvalue weighted by atomic mass is 9.86. The third kappa shape index (κ3) is 12.6. The van der Waals surface area contributed by atoms with Crippen LogP contribution >= 0.6 is 0 Å². The molecule has 2 aromatic rings. The molecule has 22 heteroatoms. The number of nitrogens with zero attached hydrogens (tertiary/aromatic N) is 4. The predicted molar refractivity (Wildman–Crippen MR) is 262 cm³/mol. The van der Waals surface area contributed by atoms with Gasteiger partial charge >= 0.3 is 0 Å². The number of carbonyl (C=O) groups is 8. The highest BCUT2D eigenvalue weighted by molar-refractivity contribution is 5.99. The minimum Gasteiger partial charge on any atom is -0.391 e. The van der Waals surface area contributed by atoms with Gasteiger partial charge in [0.25, 0.3) is 0 Å². The number of nitrogens with two attached hydrogens (primary N) is 4. The van der Waals surface area contributed by atoms with Crippen LogP contribution in [0.4, 0.5) is 0 Å². The molecule has 4 aliphatic heterocycles. The molecule has 0 aliphatic carbocycles. The molecule has 0 aromatic heterocycles. The van der Waals surface area contributed by atoms with Gasteiger partial charge in [0.2, 0.25) is 47.3 Å². The molecule has 4 fully saturated rings. The van der Waals surface area contributed by atoms with E-state index in [1.165, 1.54) is 47.3 Å². The zero-order valence-electron chi connectivity index (χ0n) is 41.6. The van der Waals surface area contributed by atoms with E-state index in [-0.39, 0.29) is 37.7 Å². The number of aliphatic hydroxyl groups is 4. The van der Waals surface area contributed by atoms with Crippen LogP contribution in [0, 0.1) is 0 Å². The third-order valence-corrected chi connectivity index (χ3v) is 14.4. The van der Waals surface area contributed by atoms with E-state index < -0.39 is 107 Å². The topological polar surface area (TPSA) is 359 Å². The van der Waals surface area contributed by atoms with Crippen LogP contribution in [0.1, 0.15) is 90.2 Å². The molecule has 22 nitrogen and oxygen atoms in total. The average Bonchev–Trinajstić information content (AvgIpc) is 4.19. The Hall–Kier alpha value is -6.04. The molecular weight excluding hydrogens is 933 g/mol. The van der Waals surface area contributed by atoms with Crippen molar-refractivity contribution in [1.82, 2.24) is 30.2 Å². The molecule has 0 saturated carbocycles. The Morgan fingerprint density at radius 1 is 0.542 bits per heavy atom. The van der Waals surface area contributed by atoms with E-state index in [1.807, 2.05) is 60.7 Å². The van der Waals surface area contributed by atoms with Gasteiger partial charge in [-0.3, -0.25) is 38.4 Å². The number of carbonyl (C=O) groups excluding carboxylic acids is 8. The highest BCUT2D eigenvalue weighted by Crippen LogP contribution is 2.38. The van der Waals surface area contributed by atoms with Crippen LogP contribution in [0.5, 0.6) is 0 Å². The van der Waals surface area contributed by atoms with Gasteiger partial charge in [0.15, 0.2) is 0 Å². The fourth-order valence-electron chi connectivity index (χ4n) is 10.4. The maximum atomic E-state index is 13.9. The Bertz CT molecular complexity index is 2100. The molecule has 0 bridgehead atoms. The van der Waals surface area contributed by atoms with Gasteiger partial charge < -0.3 is 73.6 Å². The predicted octanol–water partition coefficient (Wildman–Crippen LogP) is -2.72. The summed E-state index contributed by atoms with van der Waals surface area (Å²) in [5, 5.41) is 44.8. The Morgan fingerprint density at radius 3 is 1.17 bits per heavy atom. The number of primary amides is 2. The Labute approximate surface area is 419 Å². The highest BCUT2D eigenvalue weighted by atomic mass is 16.3. The molecule has 2 aromatic carbocycles. The summed E-state index contributed by atoms with van der Waals surface area (Å²) in [5.74, 6) is -4.73. The third-order valence-electron chi connectivity index (χ3n) is 14.4. The monoisotopic (exact) mass is 1010 g/mol. The largest absolute Gasteiger partial charge is 0.391 e. The minimum absolute atomic E-state index is 0.185. The van der Waals surface area contributed by atoms with Crippen molar-refractivity contribution in [2.75, 3.05) is 26.2 Å². The van der Waals surface area contributed by atoms with Crippen molar-refractivity contribution in [1.29, 1.82) is 0 Å². The molecule has 0 spiro atoms. The summed E-state index contributed by atoms with van der Waals surface area (Å²) in [6.45, 7) is 6.77. The van der Waals surface area contributed by atoms with E-state index in [0.717, 1.165) is 11.1 Å². The fraction of sp³-hybridized carbons (Fsp3) is 0.600. The van der Waals surface area contributed by atoms with Gasteiger partial charge in [-0.05, 0) is 90.2 Å². The van der Waals surface area contributed by atoms with E-state index in [4.69, 9.17) is 22.9 Å². The first-order valence-electron chi connectivity index (χ1n) is 24.7. The van der Waals surface area contributed by atoms with Crippen LogP contribution in [-0.4, -0.2) is 185 Å². The normalized spacial score (nSPS) is 25.2. The Morgan fingerprint density at radius 2 is 0.875 bits per heavy atom. The van der Waals surface area contributed by atoms with Crippen LogP contribution < -0.4 is 33.6 Å². The van der Waals surface area contributed by atoms with Gasteiger partial charge in [-0.2, -0.15) is 0 Å². The summed E-state index contributed by atoms with van der Waals surface area (Å²) in [7, 11) is 0. The number of aliphatic hydroxyl groups excluding tert-OH is 4. The zero-order chi connectivity index (χ0) is 53.2. The van der Waals surface area contributed by atoms with E-state index >= 15 is 0 Å². The summed E-state index contributed by atoms with van der Waals surface area (Å²) < 4.78 is 0. The van der Waals surface area contributed by atoms with Crippen molar-refractivity contribution in [3.63, 3.8) is 0 Å². The van der Waals surface area contributed by atoms with E-state index in [2.05, 4.69) is 10.6 Å². The first kappa shape index (κ1) is 56.9. The zero-order valence-corrected chi connectivity index (χ0v) is 41.6. The maximum Gasteiger partial charge on any atom is 0.247 e. The van der Waals surface area contributed by atoms with Crippen LogP contribution in [0.3, 0.4) is 0 Å². The van der Waals surface area contributed by atoms with E-state index in [1.54, 1.807) is 0 Å². The number of nitrogens with one attached hydrogen (secondary N) is 2. The van der Waals surface area contributed by atoms with Gasteiger partial charge in [0.1, 0.15) is 47.3 Å². The molecule has 0 radical (unpaired) electrons. The van der Waals surface area contributed by atoms with E-state index in [0.29, 0.717) is 64.5 Å². The number of hydrogen-bond donors (Lipinski definition) is 10. The number of likely N-dealkylation sites (tertiary alicyclic amines) is 4. The number of benzene rings is 2. The Balaban J connectivity index is 0.000000267. The lowest BCUT2D eigenvalue weighted by Gasteiger charge is -2.41. The number of amides is 8. The first-order valence-corrected chi connectivity index (χ1v) is 24.7. The van der Waals surface area contributed by atoms with E-state index in [9.17, 15) is 58.8 Å². The summed E-state index contributed by atoms with van der Waals surface area (Å²) in [5.41, 5.74) is 21.5. The van der Waals surface area contributed by atoms with Gasteiger partial charge in [0.05, 0.1) is 24.4 Å². The molecule has 4 aliphatic rings. The van der Waals surface area contributed by atoms with Crippen LogP contribution in [0.25, 0.3) is 0 Å². The van der Waals surface area contributed by atoms with Crippen LogP contribution in [0.15, 0.2) is 60.7 Å². The SMILES string of the molecule is C[C@@H](O)[C@H](N)C(=O)N1CCC[C@H]1C(=O)N1CCC[C@@]1(Cc1ccccc1)C(=O)N[C@H](C(N)=O)[C@@H](C)O.C[C@@H](O)[C@H](N)C(=O)N1CCC[C@H]1C(=O)N1CCC[C@@]1(Cc1ccccc1)C(=O)N[C@H](C(N)=O)[C@@H](C)O. The Kier molecular flexibility index (Phi) is 19.4. The van der Waals surface area contributed by atoms with Crippen molar-refractivity contribution >= 4 is 47.3 Å². The van der Waals surface area contributed by atoms with Gasteiger partial charge in [-0.1, -0.05) is 60.7 Å². The molecule has 4 saturated heterocycles. The molecule has 14 N–H and O–H groups in total. The second-order valence-electron chi connectivity index (χ2n) is 19.7. The quantitative estimate of drug-likeness (QED) is 0.0726. The average molecular weight is 1010 g/mol. The lowest BCUT2D eigenvalue weighted by Crippen LogP contribution is -2.65. The molecule has 4 heterocycles. The highest BCUT2D eigenvalue weighted by Gasteiger charge is 2.55. The van der Waals surface area contributed by atoms with Gasteiger partial charge in [-0.15, -0.1) is 0 Å². The summed E-state index contributed by atoms with van der Waals surface area (Å²) in [6, 6.07) is 11.8. The molecule has 12 atom stereocenters. The van der Waals surface area contributed by atoms with Crippen LogP contribution in [-0.2, 0) is 51.2 Å². The van der Waals surface area contributed by atoms with Crippen molar-refractivity contribution in [3.05, 3.63) is 71.8 Å². The lowest BCUT2D eigenvalue weighted by molar-refractivity contribution is -0.152. The summed E-state index contributed by atoms with van der Waals surface area (Å²) in [4.78, 5) is 111. The van der Waals surface area contributed by atoms with Crippen molar-refractivity contribution in [2.45, 2.75) is 164 Å². The molecule has 6 rings (SSSR count). The van der Waals surface area contributed by atoms with Gasteiger partial charge in [-0.25, -0.2) is 0 Å². The number of hydrogen-bond acceptors (Lipinski definition) is 14. The summed E-state index contributed by atoms with van der Waals surface area (Å²) >= 11 is 0. The minimum atomic E-state index is -1.34. The molecule has 72 heavy (non-hydrogen) atoms. The first-order chi connectivity index (χ1) is 34.0. The standard InChI is InChI=1S/2C25H37N5O6/c2*1-15(31)19(26)23(35)29-12-6-10-18(29)22(34)30-13-7-11-25(30,14-17-8-4-3-5-9-17)24(36)28-20(16(2)32)21(27)33/h2*3-5,8-9,15-16,18-20,31-32H,6-7,10-14,26H2,1-2H3,(H2,27,33)(H,28,36)/t2*15-,16-,18+,19+,20+,25-/m11/s1. The van der Waals surface area contributed by atoms with Crippen molar-refractivity contribution < 1.29 is 58.8 Å². The number of rotatable bonds is 18. The molecule has 0 unspecified atom stereocenters. The van der Waals surface area contributed by atoms with Crippen molar-refractivity contribution in [2.24, 2.45) is 22.9 Å². The fourth-order valence-corrected chi connectivity index (χ4v) is 10.4. The second kappa shape index (κ2) is 24.6. The maximum absolute atomic E-state index is 13.9. The molecular formula is C50H74N10O12. The van der Waals surface area contributed by atoms with Crippen LogP contribution in [0.2, 0.25) is 0 Å². The smallest absolute Gasteiger partial charge is 0.247 e. The van der Waals surface area contributed by atoms with Gasteiger partial charge in [0, 0.05) is 39.0 Å². The second-order valence-corrected chi connectivity index (χ2v) is 19.7. The summed E-state index contributed by atoms with van der Waals surface area (Å²) in [6.07, 6.45) is -0.491. The molecule has 8 amide bonds. The molecule has 396 valence electrons. The van der Waals surface area contributed by atoms with Crippen molar-refractivity contribution in [3.8, 4) is 0 Å².